The Kier molecular flexibility index (Phi) is 6.14. The molecule has 2 fully saturated rings. The Morgan fingerprint density at radius 1 is 1.16 bits per heavy atom. The van der Waals surface area contributed by atoms with Crippen LogP contribution in [0.15, 0.2) is 17.1 Å². The largest absolute Gasteiger partial charge is 0.388 e. The lowest BCUT2D eigenvalue weighted by Gasteiger charge is -2.34. The van der Waals surface area contributed by atoms with Crippen LogP contribution in [0.2, 0.25) is 0 Å². The zero-order chi connectivity index (χ0) is 22.2. The highest BCUT2D eigenvalue weighted by Crippen LogP contribution is 2.35. The summed E-state index contributed by atoms with van der Waals surface area (Å²) in [5, 5.41) is 6.15. The third-order valence-corrected chi connectivity index (χ3v) is 9.15. The Morgan fingerprint density at radius 2 is 1.77 bits per heavy atom. The van der Waals surface area contributed by atoms with Crippen LogP contribution in [-0.2, 0) is 21.2 Å². The van der Waals surface area contributed by atoms with Gasteiger partial charge in [0.2, 0.25) is 10.0 Å². The topological polar surface area (TPSA) is 90.9 Å². The molecule has 8 heteroatoms. The lowest BCUT2D eigenvalue weighted by molar-refractivity contribution is -0.124. The Hall–Kier alpha value is -1.93. The molecular weight excluding hydrogens is 412 g/mol. The molecule has 0 aromatic heterocycles. The van der Waals surface area contributed by atoms with E-state index in [1.54, 1.807) is 4.31 Å². The van der Waals surface area contributed by atoms with Crippen molar-refractivity contribution in [2.45, 2.75) is 64.3 Å². The minimum absolute atomic E-state index is 0.0395. The van der Waals surface area contributed by atoms with Crippen LogP contribution in [0, 0.1) is 19.8 Å². The molecule has 1 spiro atoms. The number of nitrogens with zero attached hydrogens (tertiary/aromatic N) is 2. The third-order valence-electron chi connectivity index (χ3n) is 7.28. The van der Waals surface area contributed by atoms with Crippen LogP contribution in [0.3, 0.4) is 0 Å². The van der Waals surface area contributed by atoms with Crippen molar-refractivity contribution in [2.75, 3.05) is 31.2 Å². The average molecular weight is 447 g/mol. The van der Waals surface area contributed by atoms with Gasteiger partial charge in [0.1, 0.15) is 11.4 Å². The highest BCUT2D eigenvalue weighted by Gasteiger charge is 2.48. The summed E-state index contributed by atoms with van der Waals surface area (Å²) in [6.45, 7) is 4.76. The van der Waals surface area contributed by atoms with E-state index >= 15 is 0 Å². The number of sulfonamides is 1. The molecule has 2 aliphatic heterocycles. The monoisotopic (exact) mass is 446 g/mol. The highest BCUT2D eigenvalue weighted by atomic mass is 32.2. The first kappa shape index (κ1) is 22.3. The fourth-order valence-corrected chi connectivity index (χ4v) is 6.76. The molecule has 7 nitrogen and oxygen atoms in total. The summed E-state index contributed by atoms with van der Waals surface area (Å²) in [6, 6.07) is 4.11. The molecule has 1 amide bonds. The maximum Gasteiger partial charge on any atom is 0.253 e. The molecule has 170 valence electrons. The van der Waals surface area contributed by atoms with Crippen LogP contribution < -0.4 is 10.6 Å². The van der Waals surface area contributed by atoms with E-state index < -0.39 is 15.6 Å². The number of rotatable bonds is 6. The number of hydrogen-bond acceptors (Lipinski definition) is 5. The average Bonchev–Trinajstić information content (AvgIpc) is 3.37. The van der Waals surface area contributed by atoms with Crippen LogP contribution in [0.4, 0.5) is 5.69 Å². The molecule has 3 aliphatic rings. The number of aryl methyl sites for hydroxylation is 2. The number of amidine groups is 1. The summed E-state index contributed by atoms with van der Waals surface area (Å²) >= 11 is 0. The Labute approximate surface area is 185 Å². The van der Waals surface area contributed by atoms with Gasteiger partial charge in [0.05, 0.1) is 5.75 Å². The fourth-order valence-electron chi connectivity index (χ4n) is 5.30. The van der Waals surface area contributed by atoms with Gasteiger partial charge in [-0.15, -0.1) is 0 Å². The summed E-state index contributed by atoms with van der Waals surface area (Å²) in [7, 11) is -1.50. The number of carbonyl (C=O) groups is 1. The number of anilines is 1. The van der Waals surface area contributed by atoms with Gasteiger partial charge in [-0.25, -0.2) is 12.7 Å². The van der Waals surface area contributed by atoms with Crippen LogP contribution in [0.5, 0.6) is 0 Å². The molecule has 2 N–H and O–H groups in total. The number of piperidine rings is 1. The van der Waals surface area contributed by atoms with Gasteiger partial charge in [0.25, 0.3) is 5.91 Å². The molecular formula is C23H34N4O3S. The van der Waals surface area contributed by atoms with Gasteiger partial charge in [-0.2, -0.15) is 0 Å². The van der Waals surface area contributed by atoms with Crippen molar-refractivity contribution in [1.29, 1.82) is 0 Å². The number of benzene rings is 1. The number of nitrogens with one attached hydrogen (secondary N) is 2. The smallest absolute Gasteiger partial charge is 0.253 e. The van der Waals surface area contributed by atoms with Crippen molar-refractivity contribution >= 4 is 27.5 Å². The fraction of sp³-hybridized carbons (Fsp3) is 0.652. The second kappa shape index (κ2) is 8.54. The number of amides is 1. The molecule has 1 aliphatic carbocycles. The molecule has 0 bridgehead atoms. The van der Waals surface area contributed by atoms with Gasteiger partial charge >= 0.3 is 0 Å². The number of carbonyl (C=O) groups excluding carboxylic acids is 1. The quantitative estimate of drug-likeness (QED) is 0.703. The van der Waals surface area contributed by atoms with Crippen molar-refractivity contribution in [3.8, 4) is 0 Å². The predicted molar refractivity (Wildman–Crippen MR) is 124 cm³/mol. The molecule has 1 aromatic carbocycles. The van der Waals surface area contributed by atoms with Gasteiger partial charge in [-0.3, -0.25) is 9.79 Å². The van der Waals surface area contributed by atoms with Crippen molar-refractivity contribution in [2.24, 2.45) is 10.9 Å². The Balaban J connectivity index is 1.40. The molecule has 1 saturated carbocycles. The van der Waals surface area contributed by atoms with E-state index in [-0.39, 0.29) is 11.7 Å². The first-order valence-corrected chi connectivity index (χ1v) is 13.0. The molecule has 4 rings (SSSR count). The van der Waals surface area contributed by atoms with Crippen molar-refractivity contribution < 1.29 is 13.2 Å². The second-order valence-electron chi connectivity index (χ2n) is 9.27. The lowest BCUT2D eigenvalue weighted by atomic mass is 9.89. The molecule has 0 atom stereocenters. The summed E-state index contributed by atoms with van der Waals surface area (Å²) < 4.78 is 27.6. The third kappa shape index (κ3) is 4.37. The van der Waals surface area contributed by atoms with Crippen LogP contribution >= 0.6 is 0 Å². The van der Waals surface area contributed by atoms with E-state index in [0.717, 1.165) is 41.1 Å². The van der Waals surface area contributed by atoms with Gasteiger partial charge < -0.3 is 10.6 Å². The van der Waals surface area contributed by atoms with Crippen LogP contribution in [0.25, 0.3) is 0 Å². The molecule has 2 heterocycles. The zero-order valence-corrected chi connectivity index (χ0v) is 19.6. The Morgan fingerprint density at radius 3 is 2.35 bits per heavy atom. The summed E-state index contributed by atoms with van der Waals surface area (Å²) in [4.78, 5) is 17.5. The zero-order valence-electron chi connectivity index (χ0n) is 18.8. The summed E-state index contributed by atoms with van der Waals surface area (Å²) in [6.07, 6.45) is 5.97. The minimum atomic E-state index is -3.39. The molecule has 31 heavy (non-hydrogen) atoms. The second-order valence-corrected chi connectivity index (χ2v) is 11.4. The first-order chi connectivity index (χ1) is 14.7. The van der Waals surface area contributed by atoms with Crippen LogP contribution in [0.1, 0.15) is 55.2 Å². The maximum absolute atomic E-state index is 13.0. The Bertz CT molecular complexity index is 965. The van der Waals surface area contributed by atoms with Crippen molar-refractivity contribution in [3.05, 3.63) is 28.8 Å². The van der Waals surface area contributed by atoms with Gasteiger partial charge in [-0.1, -0.05) is 12.8 Å². The van der Waals surface area contributed by atoms with E-state index in [4.69, 9.17) is 4.99 Å². The van der Waals surface area contributed by atoms with Crippen LogP contribution in [-0.4, -0.2) is 55.9 Å². The molecule has 0 unspecified atom stereocenters. The van der Waals surface area contributed by atoms with Crippen molar-refractivity contribution in [3.63, 3.8) is 0 Å². The number of aliphatic imine (C=N–C) groups is 1. The van der Waals surface area contributed by atoms with Gasteiger partial charge in [0.15, 0.2) is 0 Å². The lowest BCUT2D eigenvalue weighted by Crippen LogP contribution is -2.51. The van der Waals surface area contributed by atoms with Crippen molar-refractivity contribution in [1.82, 2.24) is 9.62 Å². The van der Waals surface area contributed by atoms with E-state index in [2.05, 4.69) is 22.8 Å². The standard InChI is InChI=1S/C23H34N4O3S/c1-16-14-19(24-3)15-17(2)20(16)8-13-31(29,30)27-11-9-23(10-12-27)22(28)25-21(26-23)18-6-4-5-7-18/h14-15,18,24H,4-13H2,1-3H3,(H,25,26,28). The first-order valence-electron chi connectivity index (χ1n) is 11.4. The van der Waals surface area contributed by atoms with Gasteiger partial charge in [-0.05, 0) is 74.8 Å². The maximum atomic E-state index is 13.0. The van der Waals surface area contributed by atoms with E-state index in [1.807, 2.05) is 20.9 Å². The minimum Gasteiger partial charge on any atom is -0.388 e. The highest BCUT2D eigenvalue weighted by molar-refractivity contribution is 7.89. The molecule has 0 radical (unpaired) electrons. The van der Waals surface area contributed by atoms with E-state index in [1.165, 1.54) is 12.8 Å². The molecule has 1 saturated heterocycles. The SMILES string of the molecule is CNc1cc(C)c(CCS(=O)(=O)N2CCC3(CC2)N=C(C2CCCC2)NC3=O)c(C)c1. The predicted octanol–water partition coefficient (Wildman–Crippen LogP) is 2.77. The number of hydrogen-bond donors (Lipinski definition) is 2. The summed E-state index contributed by atoms with van der Waals surface area (Å²) in [5.41, 5.74) is 3.58. The normalized spacial score (nSPS) is 22.0. The van der Waals surface area contributed by atoms with E-state index in [0.29, 0.717) is 38.3 Å². The van der Waals surface area contributed by atoms with Gasteiger partial charge in [0, 0.05) is 31.7 Å². The summed E-state index contributed by atoms with van der Waals surface area (Å²) in [5.74, 6) is 1.26. The molecule has 1 aromatic rings. The van der Waals surface area contributed by atoms with E-state index in [9.17, 15) is 13.2 Å².